The van der Waals surface area contributed by atoms with Crippen molar-refractivity contribution in [2.75, 3.05) is 6.54 Å². The normalized spacial score (nSPS) is 13.2. The maximum Gasteiger partial charge on any atom is 0.251 e. The van der Waals surface area contributed by atoms with E-state index in [1.165, 1.54) is 6.26 Å². The van der Waals surface area contributed by atoms with Gasteiger partial charge in [0.1, 0.15) is 17.9 Å². The van der Waals surface area contributed by atoms with E-state index in [9.17, 15) is 14.7 Å². The number of furan rings is 1. The lowest BCUT2D eigenvalue weighted by molar-refractivity contribution is -0.123. The molecule has 0 bridgehead atoms. The largest absolute Gasteiger partial charge is 0.467 e. The van der Waals surface area contributed by atoms with Crippen LogP contribution in [0.2, 0.25) is 0 Å². The van der Waals surface area contributed by atoms with E-state index >= 15 is 0 Å². The fraction of sp³-hybridized carbons (Fsp3) is 0.250. The molecule has 0 fully saturated rings. The minimum atomic E-state index is -0.920. The van der Waals surface area contributed by atoms with Gasteiger partial charge in [-0.25, -0.2) is 0 Å². The second-order valence-corrected chi connectivity index (χ2v) is 4.84. The maximum atomic E-state index is 11.9. The monoisotopic (exact) mass is 302 g/mol. The molecule has 0 saturated carbocycles. The average Bonchev–Trinajstić information content (AvgIpc) is 3.07. The first-order valence-corrected chi connectivity index (χ1v) is 6.93. The van der Waals surface area contributed by atoms with Crippen LogP contribution >= 0.6 is 0 Å². The molecule has 1 aromatic carbocycles. The van der Waals surface area contributed by atoms with Crippen LogP contribution in [0.4, 0.5) is 0 Å². The number of carbonyl (C=O) groups is 2. The highest BCUT2D eigenvalue weighted by Gasteiger charge is 2.18. The lowest BCUT2D eigenvalue weighted by Crippen LogP contribution is -2.45. The minimum Gasteiger partial charge on any atom is -0.467 e. The molecule has 0 radical (unpaired) electrons. The van der Waals surface area contributed by atoms with Gasteiger partial charge in [0.2, 0.25) is 5.91 Å². The summed E-state index contributed by atoms with van der Waals surface area (Å²) in [6.45, 7) is 1.59. The van der Waals surface area contributed by atoms with Gasteiger partial charge >= 0.3 is 0 Å². The van der Waals surface area contributed by atoms with Gasteiger partial charge in [0.05, 0.1) is 12.8 Å². The fourth-order valence-corrected chi connectivity index (χ4v) is 1.87. The van der Waals surface area contributed by atoms with E-state index in [0.717, 1.165) is 0 Å². The van der Waals surface area contributed by atoms with E-state index in [-0.39, 0.29) is 18.4 Å². The van der Waals surface area contributed by atoms with E-state index < -0.39 is 12.1 Å². The number of aliphatic hydroxyl groups excluding tert-OH is 1. The van der Waals surface area contributed by atoms with Crippen LogP contribution in [0.25, 0.3) is 0 Å². The first-order chi connectivity index (χ1) is 10.6. The number of benzene rings is 1. The van der Waals surface area contributed by atoms with Crippen molar-refractivity contribution < 1.29 is 19.1 Å². The Labute approximate surface area is 128 Å². The Morgan fingerprint density at radius 3 is 2.55 bits per heavy atom. The van der Waals surface area contributed by atoms with Crippen LogP contribution in [0.15, 0.2) is 53.1 Å². The number of hydrogen-bond donors (Lipinski definition) is 3. The third-order valence-corrected chi connectivity index (χ3v) is 3.12. The Kier molecular flexibility index (Phi) is 5.32. The predicted molar refractivity (Wildman–Crippen MR) is 80.0 cm³/mol. The van der Waals surface area contributed by atoms with Gasteiger partial charge in [-0.1, -0.05) is 18.2 Å². The summed E-state index contributed by atoms with van der Waals surface area (Å²) < 4.78 is 5.04. The highest BCUT2D eigenvalue weighted by molar-refractivity contribution is 5.97. The Bertz CT molecular complexity index is 610. The van der Waals surface area contributed by atoms with Crippen molar-refractivity contribution in [2.45, 2.75) is 19.1 Å². The number of amides is 2. The van der Waals surface area contributed by atoms with Crippen molar-refractivity contribution in [1.82, 2.24) is 10.6 Å². The van der Waals surface area contributed by atoms with Crippen molar-refractivity contribution >= 4 is 11.8 Å². The summed E-state index contributed by atoms with van der Waals surface area (Å²) in [4.78, 5) is 23.8. The highest BCUT2D eigenvalue weighted by atomic mass is 16.4. The summed E-state index contributed by atoms with van der Waals surface area (Å²) in [5.41, 5.74) is 0.484. The molecule has 0 saturated heterocycles. The molecule has 3 N–H and O–H groups in total. The third-order valence-electron chi connectivity index (χ3n) is 3.12. The molecule has 2 rings (SSSR count). The Morgan fingerprint density at radius 2 is 1.91 bits per heavy atom. The van der Waals surface area contributed by atoms with Gasteiger partial charge < -0.3 is 20.2 Å². The van der Waals surface area contributed by atoms with E-state index in [2.05, 4.69) is 10.6 Å². The van der Waals surface area contributed by atoms with Crippen LogP contribution in [-0.2, 0) is 4.79 Å². The molecule has 0 aliphatic heterocycles. The zero-order valence-corrected chi connectivity index (χ0v) is 12.2. The van der Waals surface area contributed by atoms with Crippen LogP contribution in [0, 0.1) is 0 Å². The van der Waals surface area contributed by atoms with Crippen molar-refractivity contribution in [2.24, 2.45) is 0 Å². The topological polar surface area (TPSA) is 91.6 Å². The van der Waals surface area contributed by atoms with Gasteiger partial charge in [-0.2, -0.15) is 0 Å². The van der Waals surface area contributed by atoms with Gasteiger partial charge in [-0.15, -0.1) is 0 Å². The number of hydrogen-bond acceptors (Lipinski definition) is 4. The maximum absolute atomic E-state index is 11.9. The molecule has 6 nitrogen and oxygen atoms in total. The summed E-state index contributed by atoms with van der Waals surface area (Å²) in [6.07, 6.45) is 0.527. The Hall–Kier alpha value is -2.60. The van der Waals surface area contributed by atoms with Crippen molar-refractivity contribution in [1.29, 1.82) is 0 Å². The van der Waals surface area contributed by atoms with Crippen LogP contribution in [-0.4, -0.2) is 29.5 Å². The van der Waals surface area contributed by atoms with Crippen molar-refractivity contribution in [3.8, 4) is 0 Å². The molecule has 0 spiro atoms. The second kappa shape index (κ2) is 7.42. The Morgan fingerprint density at radius 1 is 1.18 bits per heavy atom. The van der Waals surface area contributed by atoms with Crippen molar-refractivity contribution in [3.05, 3.63) is 60.1 Å². The first-order valence-electron chi connectivity index (χ1n) is 6.93. The SMILES string of the molecule is CC(NC(=O)c1ccccc1)C(=O)NCC(O)c1ccco1. The first kappa shape index (κ1) is 15.8. The zero-order valence-electron chi connectivity index (χ0n) is 12.2. The molecule has 2 amide bonds. The molecule has 1 aromatic heterocycles. The number of aliphatic hydroxyl groups is 1. The third kappa shape index (κ3) is 4.20. The number of carbonyl (C=O) groups excluding carboxylic acids is 2. The summed E-state index contributed by atoms with van der Waals surface area (Å²) in [5, 5.41) is 15.0. The summed E-state index contributed by atoms with van der Waals surface area (Å²) in [5.74, 6) is -0.328. The zero-order chi connectivity index (χ0) is 15.9. The van der Waals surface area contributed by atoms with E-state index in [0.29, 0.717) is 11.3 Å². The average molecular weight is 302 g/mol. The molecule has 6 heteroatoms. The summed E-state index contributed by atoms with van der Waals surface area (Å²) in [7, 11) is 0. The van der Waals surface area contributed by atoms with E-state index in [4.69, 9.17) is 4.42 Å². The Balaban J connectivity index is 1.81. The van der Waals surface area contributed by atoms with Crippen LogP contribution in [0.1, 0.15) is 29.1 Å². The lowest BCUT2D eigenvalue weighted by Gasteiger charge is -2.15. The minimum absolute atomic E-state index is 0.0118. The number of rotatable bonds is 6. The second-order valence-electron chi connectivity index (χ2n) is 4.84. The predicted octanol–water partition coefficient (Wildman–Crippen LogP) is 1.25. The standard InChI is InChI=1S/C16H18N2O4/c1-11(18-16(21)12-6-3-2-4-7-12)15(20)17-10-13(19)14-8-5-9-22-14/h2-9,11,13,19H,10H2,1H3,(H,17,20)(H,18,21). The lowest BCUT2D eigenvalue weighted by atomic mass is 10.2. The molecule has 2 aromatic rings. The molecule has 1 heterocycles. The summed E-state index contributed by atoms with van der Waals surface area (Å²) >= 11 is 0. The molecule has 22 heavy (non-hydrogen) atoms. The molecule has 0 aliphatic rings. The van der Waals surface area contributed by atoms with Gasteiger partial charge in [0.15, 0.2) is 0 Å². The van der Waals surface area contributed by atoms with Crippen molar-refractivity contribution in [3.63, 3.8) is 0 Å². The van der Waals surface area contributed by atoms with Gasteiger partial charge in [-0.3, -0.25) is 9.59 Å². The van der Waals surface area contributed by atoms with Gasteiger partial charge in [0.25, 0.3) is 5.91 Å². The molecule has 2 unspecified atom stereocenters. The van der Waals surface area contributed by atoms with Crippen LogP contribution < -0.4 is 10.6 Å². The quantitative estimate of drug-likeness (QED) is 0.749. The van der Waals surface area contributed by atoms with Crippen LogP contribution in [0.3, 0.4) is 0 Å². The van der Waals surface area contributed by atoms with Gasteiger partial charge in [0, 0.05) is 5.56 Å². The summed E-state index contributed by atoms with van der Waals surface area (Å²) in [6, 6.07) is 11.2. The highest BCUT2D eigenvalue weighted by Crippen LogP contribution is 2.11. The molecular formula is C16H18N2O4. The van der Waals surface area contributed by atoms with E-state index in [1.807, 2.05) is 6.07 Å². The van der Waals surface area contributed by atoms with E-state index in [1.54, 1.807) is 43.3 Å². The van der Waals surface area contributed by atoms with Crippen LogP contribution in [0.5, 0.6) is 0 Å². The van der Waals surface area contributed by atoms with Gasteiger partial charge in [-0.05, 0) is 31.2 Å². The smallest absolute Gasteiger partial charge is 0.251 e. The molecule has 116 valence electrons. The fourth-order valence-electron chi connectivity index (χ4n) is 1.87. The molecular weight excluding hydrogens is 284 g/mol. The number of nitrogens with one attached hydrogen (secondary N) is 2. The molecule has 0 aliphatic carbocycles. The molecule has 2 atom stereocenters.